The van der Waals surface area contributed by atoms with Gasteiger partial charge in [0.15, 0.2) is 0 Å². The molecule has 2 rings (SSSR count). The van der Waals surface area contributed by atoms with Crippen molar-refractivity contribution in [3.05, 3.63) is 58.6 Å². The third-order valence-electron chi connectivity index (χ3n) is 3.57. The van der Waals surface area contributed by atoms with Crippen molar-refractivity contribution >= 4 is 37.5 Å². The largest absolute Gasteiger partial charge is 0.326 e. The molecule has 0 fully saturated rings. The van der Waals surface area contributed by atoms with Crippen molar-refractivity contribution in [2.75, 3.05) is 18.9 Å². The number of nitrogens with zero attached hydrogens (tertiary/aromatic N) is 1. The summed E-state index contributed by atoms with van der Waals surface area (Å²) in [4.78, 5) is 14.1. The monoisotopic (exact) mass is 425 g/mol. The van der Waals surface area contributed by atoms with Gasteiger partial charge < -0.3 is 10.2 Å². The molecule has 0 bridgehead atoms. The molecule has 0 aliphatic carbocycles. The molecule has 134 valence electrons. The van der Waals surface area contributed by atoms with E-state index in [4.69, 9.17) is 5.14 Å². The number of rotatable bonds is 7. The van der Waals surface area contributed by atoms with Crippen molar-refractivity contribution in [3.8, 4) is 0 Å². The average molecular weight is 426 g/mol. The second kappa shape index (κ2) is 8.57. The standard InChI is InChI=1S/C17H20BrN3O3S/c1-21(12-13-5-2-3-8-16(13)18)10-9-17(22)20-14-6-4-7-15(11-14)25(19,23)24/h2-8,11H,9-10,12H2,1H3,(H,20,22)(H2,19,23,24). The first-order valence-electron chi connectivity index (χ1n) is 7.60. The highest BCUT2D eigenvalue weighted by Gasteiger charge is 2.10. The van der Waals surface area contributed by atoms with Crippen LogP contribution in [0, 0.1) is 0 Å². The number of halogens is 1. The molecule has 2 aromatic rings. The van der Waals surface area contributed by atoms with Gasteiger partial charge in [-0.1, -0.05) is 40.2 Å². The summed E-state index contributed by atoms with van der Waals surface area (Å²) in [6.07, 6.45) is 0.292. The first kappa shape index (κ1) is 19.6. The maximum Gasteiger partial charge on any atom is 0.238 e. The fourth-order valence-corrected chi connectivity index (χ4v) is 3.23. The molecule has 0 aliphatic rings. The Kier molecular flexibility index (Phi) is 6.71. The van der Waals surface area contributed by atoms with Gasteiger partial charge in [-0.15, -0.1) is 0 Å². The molecule has 3 N–H and O–H groups in total. The first-order chi connectivity index (χ1) is 11.8. The van der Waals surface area contributed by atoms with Crippen LogP contribution in [0.1, 0.15) is 12.0 Å². The van der Waals surface area contributed by atoms with Crippen LogP contribution in [0.2, 0.25) is 0 Å². The molecule has 0 aromatic heterocycles. The molecule has 1 amide bonds. The van der Waals surface area contributed by atoms with E-state index in [0.29, 0.717) is 18.7 Å². The average Bonchev–Trinajstić information content (AvgIpc) is 2.55. The lowest BCUT2D eigenvalue weighted by atomic mass is 10.2. The maximum atomic E-state index is 12.1. The number of amides is 1. The Morgan fingerprint density at radius 3 is 2.60 bits per heavy atom. The Labute approximate surface area is 156 Å². The van der Waals surface area contributed by atoms with Crippen LogP contribution >= 0.6 is 15.9 Å². The van der Waals surface area contributed by atoms with Crippen LogP contribution in [0.15, 0.2) is 57.9 Å². The van der Waals surface area contributed by atoms with Crippen molar-refractivity contribution in [2.24, 2.45) is 5.14 Å². The summed E-state index contributed by atoms with van der Waals surface area (Å²) in [6.45, 7) is 1.29. The summed E-state index contributed by atoms with van der Waals surface area (Å²) in [5.41, 5.74) is 1.55. The Bertz CT molecular complexity index is 856. The highest BCUT2D eigenvalue weighted by Crippen LogP contribution is 2.17. The van der Waals surface area contributed by atoms with E-state index >= 15 is 0 Å². The molecule has 0 saturated carbocycles. The summed E-state index contributed by atoms with van der Waals surface area (Å²) in [6, 6.07) is 13.8. The lowest BCUT2D eigenvalue weighted by Gasteiger charge is -2.17. The fourth-order valence-electron chi connectivity index (χ4n) is 2.26. The van der Waals surface area contributed by atoms with Gasteiger partial charge in [-0.05, 0) is 36.9 Å². The smallest absolute Gasteiger partial charge is 0.238 e. The van der Waals surface area contributed by atoms with Gasteiger partial charge in [0.1, 0.15) is 0 Å². The van der Waals surface area contributed by atoms with Crippen LogP contribution in [-0.2, 0) is 21.4 Å². The quantitative estimate of drug-likeness (QED) is 0.712. The second-order valence-electron chi connectivity index (χ2n) is 5.70. The summed E-state index contributed by atoms with van der Waals surface area (Å²) in [5.74, 6) is -0.189. The zero-order chi connectivity index (χ0) is 18.4. The number of hydrogen-bond donors (Lipinski definition) is 2. The third-order valence-corrected chi connectivity index (χ3v) is 5.25. The van der Waals surface area contributed by atoms with E-state index in [0.717, 1.165) is 16.6 Å². The summed E-state index contributed by atoms with van der Waals surface area (Å²) < 4.78 is 23.7. The number of sulfonamides is 1. The van der Waals surface area contributed by atoms with Gasteiger partial charge in [0, 0.05) is 29.7 Å². The van der Waals surface area contributed by atoms with Crippen molar-refractivity contribution < 1.29 is 13.2 Å². The molecule has 2 aromatic carbocycles. The Hall–Kier alpha value is -1.74. The molecular formula is C17H20BrN3O3S. The normalized spacial score (nSPS) is 11.5. The van der Waals surface area contributed by atoms with Gasteiger partial charge in [0.25, 0.3) is 0 Å². The number of anilines is 1. The van der Waals surface area contributed by atoms with Crippen molar-refractivity contribution in [2.45, 2.75) is 17.9 Å². The molecule has 0 heterocycles. The zero-order valence-corrected chi connectivity index (χ0v) is 16.2. The van der Waals surface area contributed by atoms with E-state index in [2.05, 4.69) is 21.2 Å². The van der Waals surface area contributed by atoms with Crippen molar-refractivity contribution in [3.63, 3.8) is 0 Å². The molecule has 8 heteroatoms. The van der Waals surface area contributed by atoms with E-state index in [9.17, 15) is 13.2 Å². The van der Waals surface area contributed by atoms with Crippen LogP contribution in [0.25, 0.3) is 0 Å². The lowest BCUT2D eigenvalue weighted by molar-refractivity contribution is -0.116. The van der Waals surface area contributed by atoms with Crippen LogP contribution in [0.3, 0.4) is 0 Å². The van der Waals surface area contributed by atoms with Gasteiger partial charge in [-0.3, -0.25) is 4.79 Å². The predicted octanol–water partition coefficient (Wildman–Crippen LogP) is 2.56. The van der Waals surface area contributed by atoms with E-state index in [1.165, 1.54) is 18.2 Å². The minimum Gasteiger partial charge on any atom is -0.326 e. The molecule has 25 heavy (non-hydrogen) atoms. The highest BCUT2D eigenvalue weighted by molar-refractivity contribution is 9.10. The second-order valence-corrected chi connectivity index (χ2v) is 8.12. The molecule has 0 unspecified atom stereocenters. The molecule has 0 aliphatic heterocycles. The van der Waals surface area contributed by atoms with Crippen LogP contribution in [0.5, 0.6) is 0 Å². The topological polar surface area (TPSA) is 92.5 Å². The van der Waals surface area contributed by atoms with Crippen molar-refractivity contribution in [1.29, 1.82) is 0 Å². The molecule has 0 atom stereocenters. The van der Waals surface area contributed by atoms with Crippen molar-refractivity contribution in [1.82, 2.24) is 4.90 Å². The van der Waals surface area contributed by atoms with Crippen LogP contribution in [0.4, 0.5) is 5.69 Å². The minimum atomic E-state index is -3.79. The zero-order valence-electron chi connectivity index (χ0n) is 13.8. The molecular weight excluding hydrogens is 406 g/mol. The Balaban J connectivity index is 1.87. The predicted molar refractivity (Wildman–Crippen MR) is 102 cm³/mol. The van der Waals surface area contributed by atoms with E-state index < -0.39 is 10.0 Å². The summed E-state index contributed by atoms with van der Waals surface area (Å²) in [5, 5.41) is 7.78. The number of hydrogen-bond acceptors (Lipinski definition) is 4. The summed E-state index contributed by atoms with van der Waals surface area (Å²) >= 11 is 3.51. The minimum absolute atomic E-state index is 0.0312. The van der Waals surface area contributed by atoms with Gasteiger partial charge in [0.05, 0.1) is 4.90 Å². The Morgan fingerprint density at radius 2 is 1.92 bits per heavy atom. The molecule has 0 radical (unpaired) electrons. The van der Waals surface area contributed by atoms with E-state index in [-0.39, 0.29) is 10.8 Å². The lowest BCUT2D eigenvalue weighted by Crippen LogP contribution is -2.24. The number of nitrogens with two attached hydrogens (primary N) is 1. The third kappa shape index (κ3) is 6.24. The Morgan fingerprint density at radius 1 is 1.20 bits per heavy atom. The van der Waals surface area contributed by atoms with Gasteiger partial charge in [-0.25, -0.2) is 13.6 Å². The fraction of sp³-hybridized carbons (Fsp3) is 0.235. The highest BCUT2D eigenvalue weighted by atomic mass is 79.9. The first-order valence-corrected chi connectivity index (χ1v) is 9.94. The van der Waals surface area contributed by atoms with Crippen LogP contribution < -0.4 is 10.5 Å². The molecule has 0 saturated heterocycles. The number of benzene rings is 2. The number of carbonyl (C=O) groups is 1. The molecule has 0 spiro atoms. The summed E-state index contributed by atoms with van der Waals surface area (Å²) in [7, 11) is -1.85. The number of nitrogens with one attached hydrogen (secondary N) is 1. The van der Waals surface area contributed by atoms with Crippen LogP contribution in [-0.4, -0.2) is 32.8 Å². The van der Waals surface area contributed by atoms with Gasteiger partial charge >= 0.3 is 0 Å². The van der Waals surface area contributed by atoms with E-state index in [1.807, 2.05) is 36.2 Å². The number of primary sulfonamides is 1. The van der Waals surface area contributed by atoms with E-state index in [1.54, 1.807) is 6.07 Å². The number of carbonyl (C=O) groups excluding carboxylic acids is 1. The van der Waals surface area contributed by atoms with Gasteiger partial charge in [0.2, 0.25) is 15.9 Å². The maximum absolute atomic E-state index is 12.1. The molecule has 6 nitrogen and oxygen atoms in total. The SMILES string of the molecule is CN(CCC(=O)Nc1cccc(S(N)(=O)=O)c1)Cc1ccccc1Br. The van der Waals surface area contributed by atoms with Gasteiger partial charge in [-0.2, -0.15) is 0 Å².